The first-order valence-corrected chi connectivity index (χ1v) is 7.85. The fourth-order valence-corrected chi connectivity index (χ4v) is 3.31. The molecule has 1 aliphatic rings. The summed E-state index contributed by atoms with van der Waals surface area (Å²) in [5.74, 6) is -1.52. The number of nitrogens with one attached hydrogen (secondary N) is 1. The van der Waals surface area contributed by atoms with Crippen molar-refractivity contribution in [3.05, 3.63) is 0 Å². The zero-order chi connectivity index (χ0) is 15.2. The molecule has 1 rings (SSSR count). The van der Waals surface area contributed by atoms with Gasteiger partial charge in [0, 0.05) is 26.1 Å². The van der Waals surface area contributed by atoms with E-state index in [9.17, 15) is 18.0 Å². The number of hydrogen-bond donors (Lipinski definition) is 2. The summed E-state index contributed by atoms with van der Waals surface area (Å²) in [7, 11) is -2.28. The highest BCUT2D eigenvalue weighted by molar-refractivity contribution is 7.87. The third-order valence-electron chi connectivity index (χ3n) is 3.18. The molecule has 0 spiro atoms. The summed E-state index contributed by atoms with van der Waals surface area (Å²) in [5.41, 5.74) is 0. The van der Waals surface area contributed by atoms with Crippen molar-refractivity contribution in [2.75, 3.05) is 26.7 Å². The lowest BCUT2D eigenvalue weighted by molar-refractivity contribution is -0.146. The third-order valence-corrected chi connectivity index (χ3v) is 4.79. The number of carboxylic acid groups (broad SMARTS) is 1. The zero-order valence-corrected chi connectivity index (χ0v) is 12.2. The number of esters is 1. The van der Waals surface area contributed by atoms with Gasteiger partial charge in [0.1, 0.15) is 0 Å². The second-order valence-electron chi connectivity index (χ2n) is 4.59. The zero-order valence-electron chi connectivity index (χ0n) is 11.4. The van der Waals surface area contributed by atoms with E-state index in [0.717, 1.165) is 0 Å². The second kappa shape index (κ2) is 7.55. The Labute approximate surface area is 118 Å². The van der Waals surface area contributed by atoms with Gasteiger partial charge < -0.3 is 9.84 Å². The van der Waals surface area contributed by atoms with Crippen molar-refractivity contribution in [2.24, 2.45) is 5.92 Å². The van der Waals surface area contributed by atoms with E-state index in [0.29, 0.717) is 12.8 Å². The monoisotopic (exact) mass is 308 g/mol. The molecule has 0 unspecified atom stereocenters. The minimum Gasteiger partial charge on any atom is -0.481 e. The minimum atomic E-state index is -3.60. The smallest absolute Gasteiger partial charge is 0.308 e. The Kier molecular flexibility index (Phi) is 6.37. The number of ether oxygens (including phenoxy) is 1. The van der Waals surface area contributed by atoms with Gasteiger partial charge in [-0.2, -0.15) is 12.7 Å². The Morgan fingerprint density at radius 2 is 1.95 bits per heavy atom. The predicted octanol–water partition coefficient (Wildman–Crippen LogP) is -0.429. The van der Waals surface area contributed by atoms with Gasteiger partial charge in [0.2, 0.25) is 0 Å². The average Bonchev–Trinajstić information content (AvgIpc) is 2.43. The molecule has 1 fully saturated rings. The molecule has 0 atom stereocenters. The van der Waals surface area contributed by atoms with Gasteiger partial charge in [-0.15, -0.1) is 0 Å². The molecule has 116 valence electrons. The third kappa shape index (κ3) is 5.06. The molecule has 1 aliphatic heterocycles. The van der Waals surface area contributed by atoms with Crippen molar-refractivity contribution in [3.63, 3.8) is 0 Å². The van der Waals surface area contributed by atoms with Crippen LogP contribution < -0.4 is 4.72 Å². The molecule has 1 saturated heterocycles. The number of hydrogen-bond acceptors (Lipinski definition) is 5. The van der Waals surface area contributed by atoms with Crippen molar-refractivity contribution < 1.29 is 27.9 Å². The Morgan fingerprint density at radius 1 is 1.35 bits per heavy atom. The summed E-state index contributed by atoms with van der Waals surface area (Å²) < 4.78 is 32.1. The minimum absolute atomic E-state index is 0.0765. The van der Waals surface area contributed by atoms with E-state index in [2.05, 4.69) is 9.46 Å². The molecule has 2 N–H and O–H groups in total. The van der Waals surface area contributed by atoms with Crippen LogP contribution in [-0.2, 0) is 24.5 Å². The molecule has 0 aliphatic carbocycles. The van der Waals surface area contributed by atoms with Gasteiger partial charge >= 0.3 is 11.9 Å². The molecule has 8 nitrogen and oxygen atoms in total. The van der Waals surface area contributed by atoms with Crippen LogP contribution in [0.25, 0.3) is 0 Å². The van der Waals surface area contributed by atoms with Crippen LogP contribution in [-0.4, -0.2) is 56.5 Å². The van der Waals surface area contributed by atoms with Gasteiger partial charge in [0.05, 0.1) is 13.0 Å². The van der Waals surface area contributed by atoms with Crippen molar-refractivity contribution in [2.45, 2.75) is 25.7 Å². The van der Waals surface area contributed by atoms with Crippen LogP contribution in [0.5, 0.6) is 0 Å². The van der Waals surface area contributed by atoms with E-state index in [1.807, 2.05) is 0 Å². The Bertz CT molecular complexity index is 442. The Morgan fingerprint density at radius 3 is 2.45 bits per heavy atom. The van der Waals surface area contributed by atoms with E-state index in [1.54, 1.807) is 0 Å². The van der Waals surface area contributed by atoms with Crippen molar-refractivity contribution in [1.82, 2.24) is 9.03 Å². The molecule has 0 amide bonds. The maximum atomic E-state index is 11.9. The quantitative estimate of drug-likeness (QED) is 0.487. The normalized spacial score (nSPS) is 17.9. The molecule has 20 heavy (non-hydrogen) atoms. The molecule has 9 heteroatoms. The number of rotatable bonds is 7. The van der Waals surface area contributed by atoms with Crippen LogP contribution >= 0.6 is 0 Å². The van der Waals surface area contributed by atoms with E-state index >= 15 is 0 Å². The lowest BCUT2D eigenvalue weighted by Crippen LogP contribution is -2.46. The molecule has 0 aromatic heterocycles. The van der Waals surface area contributed by atoms with E-state index < -0.39 is 16.2 Å². The first-order chi connectivity index (χ1) is 9.36. The predicted molar refractivity (Wildman–Crippen MR) is 70.1 cm³/mol. The van der Waals surface area contributed by atoms with Gasteiger partial charge in [0.25, 0.3) is 10.2 Å². The number of carbonyl (C=O) groups excluding carboxylic acids is 1. The number of carboxylic acids is 1. The van der Waals surface area contributed by atoms with Gasteiger partial charge in [-0.1, -0.05) is 0 Å². The maximum absolute atomic E-state index is 11.9. The number of aliphatic carboxylic acids is 1. The van der Waals surface area contributed by atoms with Crippen molar-refractivity contribution in [1.29, 1.82) is 0 Å². The van der Waals surface area contributed by atoms with E-state index in [-0.39, 0.29) is 44.4 Å². The fraction of sp³-hybridized carbons (Fsp3) is 0.818. The molecular formula is C11H20N2O6S. The van der Waals surface area contributed by atoms with Gasteiger partial charge in [-0.3, -0.25) is 9.59 Å². The summed E-state index contributed by atoms with van der Waals surface area (Å²) in [4.78, 5) is 21.7. The maximum Gasteiger partial charge on any atom is 0.308 e. The molecule has 0 saturated carbocycles. The largest absolute Gasteiger partial charge is 0.481 e. The highest BCUT2D eigenvalue weighted by Crippen LogP contribution is 2.20. The van der Waals surface area contributed by atoms with Crippen LogP contribution in [0.15, 0.2) is 0 Å². The lowest BCUT2D eigenvalue weighted by Gasteiger charge is -2.29. The van der Waals surface area contributed by atoms with Gasteiger partial charge in [0.15, 0.2) is 0 Å². The van der Waals surface area contributed by atoms with Crippen molar-refractivity contribution in [3.8, 4) is 0 Å². The molecule has 0 radical (unpaired) electrons. The summed E-state index contributed by atoms with van der Waals surface area (Å²) in [6.45, 7) is 0.605. The van der Waals surface area contributed by atoms with Crippen LogP contribution in [0.3, 0.4) is 0 Å². The highest BCUT2D eigenvalue weighted by Gasteiger charge is 2.31. The number of methoxy groups -OCH3 is 1. The summed E-state index contributed by atoms with van der Waals surface area (Å²) >= 11 is 0. The van der Waals surface area contributed by atoms with Crippen LogP contribution in [0.4, 0.5) is 0 Å². The average molecular weight is 308 g/mol. The standard InChI is InChI=1S/C11H20N2O6S/c1-19-11(16)9-4-7-13(8-5-9)20(17,18)12-6-2-3-10(14)15/h9,12H,2-8H2,1H3,(H,14,15). The number of nitrogens with zero attached hydrogens (tertiary/aromatic N) is 1. The van der Waals surface area contributed by atoms with Crippen molar-refractivity contribution >= 4 is 22.1 Å². The van der Waals surface area contributed by atoms with E-state index in [4.69, 9.17) is 5.11 Å². The molecular weight excluding hydrogens is 288 g/mol. The van der Waals surface area contributed by atoms with Crippen LogP contribution in [0, 0.1) is 5.92 Å². The molecule has 1 heterocycles. The SMILES string of the molecule is COC(=O)C1CCN(S(=O)(=O)NCCCC(=O)O)CC1. The van der Waals surface area contributed by atoms with E-state index in [1.165, 1.54) is 11.4 Å². The summed E-state index contributed by atoms with van der Waals surface area (Å²) in [6.07, 6.45) is 1.03. The Balaban J connectivity index is 2.38. The molecule has 0 aromatic rings. The fourth-order valence-electron chi connectivity index (χ4n) is 2.03. The lowest BCUT2D eigenvalue weighted by atomic mass is 9.99. The molecule has 0 aromatic carbocycles. The first-order valence-electron chi connectivity index (χ1n) is 6.41. The summed E-state index contributed by atoms with van der Waals surface area (Å²) in [5, 5.41) is 8.46. The van der Waals surface area contributed by atoms with Crippen LogP contribution in [0.1, 0.15) is 25.7 Å². The molecule has 0 bridgehead atoms. The van der Waals surface area contributed by atoms with Gasteiger partial charge in [-0.25, -0.2) is 4.72 Å². The first kappa shape index (κ1) is 16.9. The highest BCUT2D eigenvalue weighted by atomic mass is 32.2. The summed E-state index contributed by atoms with van der Waals surface area (Å²) in [6, 6.07) is 0. The number of piperidine rings is 1. The number of carbonyl (C=O) groups is 2. The second-order valence-corrected chi connectivity index (χ2v) is 6.35. The van der Waals surface area contributed by atoms with Gasteiger partial charge in [-0.05, 0) is 19.3 Å². The van der Waals surface area contributed by atoms with Crippen LogP contribution in [0.2, 0.25) is 0 Å². The Hall–Kier alpha value is -1.19. The topological polar surface area (TPSA) is 113 Å².